The van der Waals surface area contributed by atoms with Crippen LogP contribution in [0.25, 0.3) is 0 Å². The number of anilines is 1. The molecule has 248 valence electrons. The summed E-state index contributed by atoms with van der Waals surface area (Å²) in [7, 11) is 0. The Morgan fingerprint density at radius 3 is 2.39 bits per heavy atom. The zero-order valence-corrected chi connectivity index (χ0v) is 25.6. The Balaban J connectivity index is 0.000000537. The fourth-order valence-corrected chi connectivity index (χ4v) is 7.25. The second-order valence-electron chi connectivity index (χ2n) is 11.0. The number of nitrogen functional groups attached to an aromatic ring is 1. The number of carbonyl (C=O) groups excluding carboxylic acids is 3. The predicted molar refractivity (Wildman–Crippen MR) is 157 cm³/mol. The molecule has 0 radical (unpaired) electrons. The van der Waals surface area contributed by atoms with E-state index in [4.69, 9.17) is 20.5 Å². The van der Waals surface area contributed by atoms with Crippen molar-refractivity contribution in [3.05, 3.63) is 34.0 Å². The van der Waals surface area contributed by atoms with Gasteiger partial charge in [-0.2, -0.15) is 13.2 Å². The monoisotopic (exact) mass is 686 g/mol. The van der Waals surface area contributed by atoms with Crippen molar-refractivity contribution in [2.24, 2.45) is 5.16 Å². The van der Waals surface area contributed by atoms with Gasteiger partial charge in [0, 0.05) is 29.3 Å². The summed E-state index contributed by atoms with van der Waals surface area (Å²) in [4.78, 5) is 73.1. The van der Waals surface area contributed by atoms with E-state index in [2.05, 4.69) is 15.5 Å². The molecular weight excluding hydrogens is 657 g/mol. The number of hydrogen-bond acceptors (Lipinski definition) is 11. The Labute approximate surface area is 267 Å². The van der Waals surface area contributed by atoms with E-state index in [9.17, 15) is 37.5 Å². The lowest BCUT2D eigenvalue weighted by Crippen LogP contribution is -2.71. The molecule has 3 aliphatic heterocycles. The van der Waals surface area contributed by atoms with Gasteiger partial charge in [-0.25, -0.2) is 14.6 Å². The second kappa shape index (κ2) is 13.3. The van der Waals surface area contributed by atoms with Crippen molar-refractivity contribution in [2.45, 2.75) is 74.7 Å². The molecule has 1 aromatic rings. The third-order valence-electron chi connectivity index (χ3n) is 7.80. The number of aliphatic carboxylic acids is 2. The van der Waals surface area contributed by atoms with Crippen molar-refractivity contribution in [3.8, 4) is 0 Å². The average Bonchev–Trinajstić information content (AvgIpc) is 3.33. The van der Waals surface area contributed by atoms with Crippen molar-refractivity contribution >= 4 is 63.6 Å². The van der Waals surface area contributed by atoms with Gasteiger partial charge < -0.3 is 31.0 Å². The van der Waals surface area contributed by atoms with Gasteiger partial charge in [-0.05, 0) is 56.6 Å². The Bertz CT molecular complexity index is 1530. The van der Waals surface area contributed by atoms with E-state index in [0.717, 1.165) is 49.9 Å². The van der Waals surface area contributed by atoms with E-state index in [1.807, 2.05) is 4.90 Å². The van der Waals surface area contributed by atoms with Crippen LogP contribution < -0.4 is 11.1 Å². The van der Waals surface area contributed by atoms with E-state index >= 15 is 0 Å². The fourth-order valence-electron chi connectivity index (χ4n) is 5.40. The lowest BCUT2D eigenvalue weighted by atomic mass is 10.0. The molecule has 0 aromatic carbocycles. The highest BCUT2D eigenvalue weighted by Gasteiger charge is 2.54. The lowest BCUT2D eigenvalue weighted by molar-refractivity contribution is -0.192. The molecule has 19 heteroatoms. The van der Waals surface area contributed by atoms with Crippen LogP contribution >= 0.6 is 23.1 Å². The SMILES string of the molecule is Nc1nc(C(=NOC2CCCC2)C(=O)N[C@@H]2C(=O)N3C(C(=O)O)=C(C=C4CCN(C5CC5)C4=O)CS[C@H]23)cs1.O=C(O)C(F)(F)F. The van der Waals surface area contributed by atoms with Gasteiger partial charge >= 0.3 is 18.1 Å². The summed E-state index contributed by atoms with van der Waals surface area (Å²) in [6.45, 7) is 0.635. The number of carbonyl (C=O) groups is 5. The summed E-state index contributed by atoms with van der Waals surface area (Å²) >= 11 is 2.50. The number of β-lactam (4-membered cyclic amide) rings is 1. The quantitative estimate of drug-likeness (QED) is 0.135. The molecule has 3 amide bonds. The number of aromatic nitrogens is 1. The van der Waals surface area contributed by atoms with Gasteiger partial charge in [0.1, 0.15) is 28.9 Å². The Morgan fingerprint density at radius 1 is 1.15 bits per heavy atom. The minimum atomic E-state index is -5.08. The third-order valence-corrected chi connectivity index (χ3v) is 9.77. The molecule has 0 unspecified atom stereocenters. The van der Waals surface area contributed by atoms with Crippen LogP contribution in [0.4, 0.5) is 18.3 Å². The lowest BCUT2D eigenvalue weighted by Gasteiger charge is -2.49. The maximum atomic E-state index is 13.3. The number of nitrogens with zero attached hydrogens (tertiary/aromatic N) is 4. The molecule has 4 heterocycles. The number of thiazole rings is 1. The first-order valence-electron chi connectivity index (χ1n) is 14.2. The Kier molecular flexibility index (Phi) is 9.62. The van der Waals surface area contributed by atoms with Gasteiger partial charge in [0.25, 0.3) is 11.8 Å². The molecular formula is C27H29F3N6O8S2. The molecule has 2 saturated carbocycles. The first kappa shape index (κ1) is 33.2. The molecule has 0 bridgehead atoms. The normalized spacial score (nSPS) is 24.4. The van der Waals surface area contributed by atoms with Crippen LogP contribution in [0.1, 0.15) is 50.6 Å². The number of hydrogen-bond donors (Lipinski definition) is 4. The molecule has 1 aromatic heterocycles. The number of oxime groups is 1. The number of alkyl halides is 3. The van der Waals surface area contributed by atoms with Crippen molar-refractivity contribution in [1.29, 1.82) is 0 Å². The number of fused-ring (bicyclic) bond motifs is 1. The molecule has 0 spiro atoms. The number of thioether (sulfide) groups is 1. The average molecular weight is 687 g/mol. The third kappa shape index (κ3) is 7.14. The van der Waals surface area contributed by atoms with Crippen molar-refractivity contribution in [3.63, 3.8) is 0 Å². The fraction of sp³-hybridized carbons (Fsp3) is 0.519. The van der Waals surface area contributed by atoms with Gasteiger partial charge in [0.2, 0.25) is 5.91 Å². The molecule has 46 heavy (non-hydrogen) atoms. The number of rotatable bonds is 8. The molecule has 5 N–H and O–H groups in total. The first-order chi connectivity index (χ1) is 21.8. The van der Waals surface area contributed by atoms with Gasteiger partial charge in [0.15, 0.2) is 10.8 Å². The molecule has 14 nitrogen and oxygen atoms in total. The van der Waals surface area contributed by atoms with Gasteiger partial charge in [-0.3, -0.25) is 19.3 Å². The van der Waals surface area contributed by atoms with Crippen molar-refractivity contribution < 1.29 is 52.2 Å². The number of amides is 3. The van der Waals surface area contributed by atoms with E-state index in [1.165, 1.54) is 16.7 Å². The topological polar surface area (TPSA) is 205 Å². The summed E-state index contributed by atoms with van der Waals surface area (Å²) in [6.07, 6.45) is 2.78. The summed E-state index contributed by atoms with van der Waals surface area (Å²) in [5.74, 6) is -4.97. The molecule has 6 rings (SSSR count). The summed E-state index contributed by atoms with van der Waals surface area (Å²) in [5, 5.41) is 25.2. The van der Waals surface area contributed by atoms with Crippen molar-refractivity contribution in [2.75, 3.05) is 18.0 Å². The number of allylic oxidation sites excluding steroid dienone is 1. The molecule has 5 aliphatic rings. The van der Waals surface area contributed by atoms with Gasteiger partial charge in [-0.15, -0.1) is 23.1 Å². The maximum Gasteiger partial charge on any atom is 0.490 e. The largest absolute Gasteiger partial charge is 0.490 e. The zero-order valence-electron chi connectivity index (χ0n) is 24.0. The molecule has 2 atom stereocenters. The number of carboxylic acid groups (broad SMARTS) is 2. The standard InChI is InChI=1S/C25H28N6O6S2.C2HF3O2/c26-25-27-16(11-39-25)17(29-37-15-3-1-2-4-15)20(32)28-18-22(34)31-19(24(35)36)13(10-38-23(18)31)9-12-7-8-30(21(12)33)14-5-6-14;3-2(4,5)1(6)7/h9,11,14-15,18,23H,1-8,10H2,(H2,26,27)(H,28,32)(H,35,36);(H,6,7)/t18-,23-;/m1./s1. The van der Waals surface area contributed by atoms with Gasteiger partial charge in [-0.1, -0.05) is 5.16 Å². The Hall–Kier alpha value is -4.13. The van der Waals surface area contributed by atoms with Crippen LogP contribution in [0.5, 0.6) is 0 Å². The number of nitrogens with one attached hydrogen (secondary N) is 1. The second-order valence-corrected chi connectivity index (χ2v) is 13.0. The van der Waals surface area contributed by atoms with E-state index < -0.39 is 41.3 Å². The molecule has 2 aliphatic carbocycles. The molecule has 4 fully saturated rings. The van der Waals surface area contributed by atoms with Crippen molar-refractivity contribution in [1.82, 2.24) is 20.1 Å². The van der Waals surface area contributed by atoms with E-state index in [1.54, 1.807) is 11.5 Å². The first-order valence-corrected chi connectivity index (χ1v) is 16.2. The number of carboxylic acids is 2. The Morgan fingerprint density at radius 2 is 1.83 bits per heavy atom. The van der Waals surface area contributed by atoms with Crippen LogP contribution in [0, 0.1) is 0 Å². The number of nitrogens with two attached hydrogens (primary N) is 1. The number of likely N-dealkylation sites (tertiary alicyclic amines) is 1. The van der Waals surface area contributed by atoms with Gasteiger partial charge in [0.05, 0.1) is 0 Å². The van der Waals surface area contributed by atoms with Crippen LogP contribution in [0.15, 0.2) is 33.5 Å². The smallest absolute Gasteiger partial charge is 0.477 e. The predicted octanol–water partition coefficient (Wildman–Crippen LogP) is 2.08. The molecule has 2 saturated heterocycles. The minimum Gasteiger partial charge on any atom is -0.477 e. The van der Waals surface area contributed by atoms with Crippen LogP contribution in [-0.2, 0) is 28.8 Å². The number of halogens is 3. The highest BCUT2D eigenvalue weighted by Crippen LogP contribution is 2.42. The van der Waals surface area contributed by atoms with Crippen LogP contribution in [0.3, 0.4) is 0 Å². The van der Waals surface area contributed by atoms with Crippen LogP contribution in [0.2, 0.25) is 0 Å². The summed E-state index contributed by atoms with van der Waals surface area (Å²) in [5.41, 5.74) is 6.77. The minimum absolute atomic E-state index is 0.0590. The van der Waals surface area contributed by atoms with E-state index in [-0.39, 0.29) is 40.0 Å². The zero-order chi connectivity index (χ0) is 33.3. The summed E-state index contributed by atoms with van der Waals surface area (Å²) in [6, 6.07) is -0.655. The highest BCUT2D eigenvalue weighted by molar-refractivity contribution is 8.00. The van der Waals surface area contributed by atoms with E-state index in [0.29, 0.717) is 30.2 Å². The van der Waals surface area contributed by atoms with Crippen LogP contribution in [-0.4, -0.2) is 102 Å². The maximum absolute atomic E-state index is 13.3. The highest BCUT2D eigenvalue weighted by atomic mass is 32.2. The summed E-state index contributed by atoms with van der Waals surface area (Å²) < 4.78 is 31.7.